The highest BCUT2D eigenvalue weighted by Crippen LogP contribution is 2.29. The number of aliphatic hydroxyl groups is 1. The lowest BCUT2D eigenvalue weighted by Gasteiger charge is -2.32. The van der Waals surface area contributed by atoms with Crippen LogP contribution in [0.4, 0.5) is 0 Å². The van der Waals surface area contributed by atoms with Gasteiger partial charge in [0.25, 0.3) is 0 Å². The number of nitrogens with zero attached hydrogens (tertiary/aromatic N) is 1. The molecule has 0 aromatic carbocycles. The third-order valence-corrected chi connectivity index (χ3v) is 3.59. The second-order valence-corrected chi connectivity index (χ2v) is 5.58. The quantitative estimate of drug-likeness (QED) is 0.677. The normalized spacial score (nSPS) is 29.1. The van der Waals surface area contributed by atoms with Crippen LogP contribution in [0.5, 0.6) is 0 Å². The fraction of sp³-hybridized carbons (Fsp3) is 0.714. The van der Waals surface area contributed by atoms with Crippen LogP contribution in [0.15, 0.2) is 12.2 Å². The van der Waals surface area contributed by atoms with Crippen molar-refractivity contribution in [2.45, 2.75) is 37.5 Å². The van der Waals surface area contributed by atoms with Crippen LogP contribution in [0.3, 0.4) is 0 Å². The SMILES string of the molecule is CN(C)C(=O)C[C@H]1C=C[C@@H](NC(=O)C2CC2)[C@H](CO)O1. The van der Waals surface area contributed by atoms with E-state index in [0.717, 1.165) is 12.8 Å². The van der Waals surface area contributed by atoms with E-state index in [0.29, 0.717) is 0 Å². The summed E-state index contributed by atoms with van der Waals surface area (Å²) in [5, 5.41) is 12.3. The van der Waals surface area contributed by atoms with Crippen LogP contribution in [-0.2, 0) is 14.3 Å². The Morgan fingerprint density at radius 3 is 2.60 bits per heavy atom. The number of rotatable bonds is 5. The molecule has 2 N–H and O–H groups in total. The largest absolute Gasteiger partial charge is 0.394 e. The van der Waals surface area contributed by atoms with Gasteiger partial charge in [0.1, 0.15) is 6.10 Å². The molecule has 112 valence electrons. The summed E-state index contributed by atoms with van der Waals surface area (Å²) in [5.74, 6) is 0.108. The molecular formula is C14H22N2O4. The number of hydrogen-bond donors (Lipinski definition) is 2. The monoisotopic (exact) mass is 282 g/mol. The fourth-order valence-electron chi connectivity index (χ4n) is 2.12. The average Bonchev–Trinajstić information content (AvgIpc) is 3.24. The molecule has 6 nitrogen and oxygen atoms in total. The lowest BCUT2D eigenvalue weighted by Crippen LogP contribution is -2.49. The Bertz CT molecular complexity index is 404. The number of aliphatic hydroxyl groups excluding tert-OH is 1. The Kier molecular flexibility index (Phi) is 4.77. The Morgan fingerprint density at radius 2 is 2.05 bits per heavy atom. The van der Waals surface area contributed by atoms with Gasteiger partial charge in [0.2, 0.25) is 11.8 Å². The zero-order valence-electron chi connectivity index (χ0n) is 11.9. The standard InChI is InChI=1S/C14H22N2O4/c1-16(2)13(18)7-10-5-6-11(12(8-17)20-10)15-14(19)9-3-4-9/h5-6,9-12,17H,3-4,7-8H2,1-2H3,(H,15,19)/t10-,11-,12+/m1/s1. The van der Waals surface area contributed by atoms with Gasteiger partial charge in [-0.05, 0) is 12.8 Å². The molecule has 2 rings (SSSR count). The van der Waals surface area contributed by atoms with E-state index in [1.54, 1.807) is 20.2 Å². The van der Waals surface area contributed by atoms with Gasteiger partial charge in [-0.3, -0.25) is 9.59 Å². The van der Waals surface area contributed by atoms with Crippen LogP contribution >= 0.6 is 0 Å². The van der Waals surface area contributed by atoms with Gasteiger partial charge in [-0.1, -0.05) is 12.2 Å². The summed E-state index contributed by atoms with van der Waals surface area (Å²) in [4.78, 5) is 24.9. The maximum absolute atomic E-state index is 11.7. The highest BCUT2D eigenvalue weighted by molar-refractivity contribution is 5.81. The molecule has 0 unspecified atom stereocenters. The molecule has 3 atom stereocenters. The second-order valence-electron chi connectivity index (χ2n) is 5.58. The minimum absolute atomic E-state index is 0.0181. The van der Waals surface area contributed by atoms with E-state index in [2.05, 4.69) is 5.32 Å². The third-order valence-electron chi connectivity index (χ3n) is 3.59. The summed E-state index contributed by atoms with van der Waals surface area (Å²) in [6.07, 6.45) is 4.87. The molecule has 6 heteroatoms. The molecule has 1 aliphatic heterocycles. The van der Waals surface area contributed by atoms with Gasteiger partial charge in [-0.2, -0.15) is 0 Å². The van der Waals surface area contributed by atoms with Crippen molar-refractivity contribution in [1.82, 2.24) is 10.2 Å². The molecule has 20 heavy (non-hydrogen) atoms. The van der Waals surface area contributed by atoms with Gasteiger partial charge in [-0.15, -0.1) is 0 Å². The summed E-state index contributed by atoms with van der Waals surface area (Å²) < 4.78 is 5.67. The van der Waals surface area contributed by atoms with Gasteiger partial charge in [0.15, 0.2) is 0 Å². The first-order chi connectivity index (χ1) is 9.51. The van der Waals surface area contributed by atoms with E-state index >= 15 is 0 Å². The number of nitrogens with one attached hydrogen (secondary N) is 1. The van der Waals surface area contributed by atoms with Crippen LogP contribution in [0.2, 0.25) is 0 Å². The number of carbonyl (C=O) groups excluding carboxylic acids is 2. The van der Waals surface area contributed by atoms with Crippen molar-refractivity contribution >= 4 is 11.8 Å². The van der Waals surface area contributed by atoms with Gasteiger partial charge in [0, 0.05) is 20.0 Å². The number of ether oxygens (including phenoxy) is 1. The summed E-state index contributed by atoms with van der Waals surface area (Å²) >= 11 is 0. The highest BCUT2D eigenvalue weighted by atomic mass is 16.5. The maximum atomic E-state index is 11.7. The van der Waals surface area contributed by atoms with Crippen LogP contribution < -0.4 is 5.32 Å². The molecule has 1 fully saturated rings. The molecule has 1 aliphatic carbocycles. The molecular weight excluding hydrogens is 260 g/mol. The van der Waals surface area contributed by atoms with Crippen molar-refractivity contribution in [3.8, 4) is 0 Å². The van der Waals surface area contributed by atoms with Gasteiger partial charge in [0.05, 0.1) is 25.2 Å². The fourth-order valence-corrected chi connectivity index (χ4v) is 2.12. The van der Waals surface area contributed by atoms with E-state index in [4.69, 9.17) is 4.74 Å². The van der Waals surface area contributed by atoms with Crippen LogP contribution in [0.1, 0.15) is 19.3 Å². The topological polar surface area (TPSA) is 78.9 Å². The predicted octanol–water partition coefficient (Wildman–Crippen LogP) is -0.325. The molecule has 2 amide bonds. The Hall–Kier alpha value is -1.40. The average molecular weight is 282 g/mol. The van der Waals surface area contributed by atoms with Crippen LogP contribution in [0.25, 0.3) is 0 Å². The Balaban J connectivity index is 1.91. The van der Waals surface area contributed by atoms with E-state index in [9.17, 15) is 14.7 Å². The third kappa shape index (κ3) is 3.80. The van der Waals surface area contributed by atoms with Crippen LogP contribution in [0, 0.1) is 5.92 Å². The van der Waals surface area contributed by atoms with E-state index in [1.807, 2.05) is 6.08 Å². The number of amides is 2. The van der Waals surface area contributed by atoms with Gasteiger partial charge < -0.3 is 20.1 Å². The maximum Gasteiger partial charge on any atom is 0.224 e. The second kappa shape index (κ2) is 6.37. The Labute approximate surface area is 118 Å². The summed E-state index contributed by atoms with van der Waals surface area (Å²) in [6.45, 7) is -0.188. The number of carbonyl (C=O) groups is 2. The van der Waals surface area contributed by atoms with Crippen molar-refractivity contribution in [2.75, 3.05) is 20.7 Å². The predicted molar refractivity (Wildman–Crippen MR) is 72.9 cm³/mol. The van der Waals surface area contributed by atoms with E-state index in [1.165, 1.54) is 4.90 Å². The first-order valence-corrected chi connectivity index (χ1v) is 6.96. The molecule has 0 aromatic rings. The number of hydrogen-bond acceptors (Lipinski definition) is 4. The highest BCUT2D eigenvalue weighted by Gasteiger charge is 2.34. The molecule has 1 heterocycles. The van der Waals surface area contributed by atoms with Crippen molar-refractivity contribution in [3.05, 3.63) is 12.2 Å². The van der Waals surface area contributed by atoms with E-state index in [-0.39, 0.29) is 42.9 Å². The summed E-state index contributed by atoms with van der Waals surface area (Å²) in [5.41, 5.74) is 0. The Morgan fingerprint density at radius 1 is 1.35 bits per heavy atom. The van der Waals surface area contributed by atoms with Crippen molar-refractivity contribution in [2.24, 2.45) is 5.92 Å². The minimum Gasteiger partial charge on any atom is -0.394 e. The molecule has 0 bridgehead atoms. The molecule has 0 spiro atoms. The van der Waals surface area contributed by atoms with Crippen molar-refractivity contribution < 1.29 is 19.4 Å². The van der Waals surface area contributed by atoms with E-state index < -0.39 is 6.10 Å². The zero-order valence-corrected chi connectivity index (χ0v) is 11.9. The van der Waals surface area contributed by atoms with Gasteiger partial charge in [-0.25, -0.2) is 0 Å². The van der Waals surface area contributed by atoms with Crippen LogP contribution in [-0.4, -0.2) is 60.8 Å². The zero-order chi connectivity index (χ0) is 14.7. The van der Waals surface area contributed by atoms with Crippen molar-refractivity contribution in [3.63, 3.8) is 0 Å². The molecule has 1 saturated carbocycles. The molecule has 0 saturated heterocycles. The lowest BCUT2D eigenvalue weighted by atomic mass is 10.0. The summed E-state index contributed by atoms with van der Waals surface area (Å²) in [7, 11) is 3.38. The molecule has 0 aromatic heterocycles. The summed E-state index contributed by atoms with van der Waals surface area (Å²) in [6, 6.07) is -0.321. The molecule has 0 radical (unpaired) electrons. The van der Waals surface area contributed by atoms with Gasteiger partial charge >= 0.3 is 0 Å². The lowest BCUT2D eigenvalue weighted by molar-refractivity contribution is -0.134. The first-order valence-electron chi connectivity index (χ1n) is 6.96. The smallest absolute Gasteiger partial charge is 0.224 e. The first kappa shape index (κ1) is 15.0. The molecule has 2 aliphatic rings. The van der Waals surface area contributed by atoms with Crippen molar-refractivity contribution in [1.29, 1.82) is 0 Å². The minimum atomic E-state index is -0.498.